The molecule has 1 saturated heterocycles. The number of nitrogens with one attached hydrogen (secondary N) is 1. The van der Waals surface area contributed by atoms with Crippen LogP contribution < -0.4 is 10.2 Å². The van der Waals surface area contributed by atoms with Crippen LogP contribution in [-0.2, 0) is 16.1 Å². The lowest BCUT2D eigenvalue weighted by molar-refractivity contribution is -0.127. The molecule has 0 saturated carbocycles. The van der Waals surface area contributed by atoms with Crippen molar-refractivity contribution in [1.29, 1.82) is 0 Å². The molecule has 1 N–H and O–H groups in total. The van der Waals surface area contributed by atoms with Crippen LogP contribution in [0.15, 0.2) is 71.4 Å². The second-order valence-electron chi connectivity index (χ2n) is 9.21. The third-order valence-electron chi connectivity index (χ3n) is 6.63. The minimum atomic E-state index is -0.279. The number of likely N-dealkylation sites (tertiary alicyclic amines) is 1. The van der Waals surface area contributed by atoms with Crippen LogP contribution >= 0.6 is 11.3 Å². The van der Waals surface area contributed by atoms with Gasteiger partial charge < -0.3 is 14.4 Å². The second kappa shape index (κ2) is 11.4. The van der Waals surface area contributed by atoms with Crippen molar-refractivity contribution in [3.63, 3.8) is 0 Å². The molecule has 3 heterocycles. The average molecular weight is 528 g/mol. The highest BCUT2D eigenvalue weighted by molar-refractivity contribution is 7.08. The van der Waals surface area contributed by atoms with Gasteiger partial charge in [-0.15, -0.1) is 0 Å². The summed E-state index contributed by atoms with van der Waals surface area (Å²) in [6, 6.07) is 16.7. The number of aromatic nitrogens is 2. The number of imidazole rings is 1. The molecule has 5 rings (SSSR count). The van der Waals surface area contributed by atoms with Crippen molar-refractivity contribution in [3.05, 3.63) is 82.6 Å². The van der Waals surface area contributed by atoms with Gasteiger partial charge in [-0.1, -0.05) is 18.2 Å². The van der Waals surface area contributed by atoms with Gasteiger partial charge in [-0.2, -0.15) is 11.3 Å². The number of aryl methyl sites for hydroxylation is 1. The van der Waals surface area contributed by atoms with E-state index in [1.807, 2.05) is 62.7 Å². The summed E-state index contributed by atoms with van der Waals surface area (Å²) in [5.41, 5.74) is 3.78. The average Bonchev–Trinajstić information content (AvgIpc) is 3.68. The minimum Gasteiger partial charge on any atom is -0.343 e. The predicted octanol–water partition coefficient (Wildman–Crippen LogP) is 5.04. The molecule has 1 fully saturated rings. The maximum atomic E-state index is 13.0. The summed E-state index contributed by atoms with van der Waals surface area (Å²) >= 11 is 1.57. The number of thiophene rings is 1. The molecule has 0 aliphatic carbocycles. The second-order valence-corrected chi connectivity index (χ2v) is 9.99. The summed E-state index contributed by atoms with van der Waals surface area (Å²) in [5.74, 6) is 0.232. The number of hydrogen-bond donors (Lipinski definition) is 1. The highest BCUT2D eigenvalue weighted by Gasteiger charge is 2.21. The molecule has 0 unspecified atom stereocenters. The van der Waals surface area contributed by atoms with Gasteiger partial charge in [0.25, 0.3) is 11.8 Å². The molecule has 2 aromatic carbocycles. The van der Waals surface area contributed by atoms with Crippen molar-refractivity contribution in [1.82, 2.24) is 14.5 Å². The number of benzene rings is 2. The van der Waals surface area contributed by atoms with Crippen LogP contribution in [0.2, 0.25) is 0 Å². The first-order chi connectivity index (χ1) is 18.5. The van der Waals surface area contributed by atoms with E-state index in [4.69, 9.17) is 4.98 Å². The Morgan fingerprint density at radius 3 is 2.71 bits per heavy atom. The molecule has 0 bridgehead atoms. The lowest BCUT2D eigenvalue weighted by Crippen LogP contribution is -2.26. The molecule has 0 atom stereocenters. The summed E-state index contributed by atoms with van der Waals surface area (Å²) in [6.07, 6.45) is 5.51. The molecule has 4 aromatic rings. The van der Waals surface area contributed by atoms with E-state index in [2.05, 4.69) is 5.32 Å². The van der Waals surface area contributed by atoms with Gasteiger partial charge in [-0.05, 0) is 71.6 Å². The van der Waals surface area contributed by atoms with E-state index in [0.717, 1.165) is 30.5 Å². The summed E-state index contributed by atoms with van der Waals surface area (Å²) in [4.78, 5) is 45.9. The Hall–Kier alpha value is -4.24. The van der Waals surface area contributed by atoms with Gasteiger partial charge in [0.2, 0.25) is 11.9 Å². The highest BCUT2D eigenvalue weighted by Crippen LogP contribution is 2.26. The summed E-state index contributed by atoms with van der Waals surface area (Å²) < 4.78 is 1.97. The zero-order valence-corrected chi connectivity index (χ0v) is 22.0. The van der Waals surface area contributed by atoms with Crippen molar-refractivity contribution in [2.24, 2.45) is 0 Å². The first-order valence-corrected chi connectivity index (χ1v) is 13.6. The Bertz CT molecular complexity index is 1480. The number of carbonyl (C=O) groups is 3. The third kappa shape index (κ3) is 5.68. The number of amides is 3. The van der Waals surface area contributed by atoms with Gasteiger partial charge >= 0.3 is 0 Å². The van der Waals surface area contributed by atoms with Crippen LogP contribution in [0.25, 0.3) is 17.1 Å². The molecule has 1 aliphatic rings. The van der Waals surface area contributed by atoms with E-state index in [9.17, 15) is 14.4 Å². The zero-order chi connectivity index (χ0) is 26.5. The van der Waals surface area contributed by atoms with E-state index in [1.165, 1.54) is 6.08 Å². The molecular weight excluding hydrogens is 498 g/mol. The molecule has 0 spiro atoms. The Labute approximate surface area is 225 Å². The largest absolute Gasteiger partial charge is 0.343 e. The van der Waals surface area contributed by atoms with Gasteiger partial charge in [0, 0.05) is 50.4 Å². The standard InChI is InChI=1S/C29H29N5O3S/c1-32(28(37)22-7-3-2-4-8-22)23-11-12-25-24(19-23)30-29(31-26(35)13-10-21-14-18-38-20-21)34(25)17-6-16-33-15-5-9-27(33)36/h2-4,7-8,10-14,18-20H,5-6,9,15-17H2,1H3,(H,30,31,35)/b13-10+. The van der Waals surface area contributed by atoms with Gasteiger partial charge in [-0.25, -0.2) is 4.98 Å². The molecule has 194 valence electrons. The van der Waals surface area contributed by atoms with E-state index in [-0.39, 0.29) is 17.7 Å². The summed E-state index contributed by atoms with van der Waals surface area (Å²) in [5, 5.41) is 6.84. The zero-order valence-electron chi connectivity index (χ0n) is 21.2. The van der Waals surface area contributed by atoms with Crippen molar-refractivity contribution in [2.75, 3.05) is 30.4 Å². The smallest absolute Gasteiger partial charge is 0.258 e. The number of carbonyl (C=O) groups excluding carboxylic acids is 3. The fourth-order valence-corrected chi connectivity index (χ4v) is 5.22. The normalized spacial score (nSPS) is 13.5. The van der Waals surface area contributed by atoms with Gasteiger partial charge in [-0.3, -0.25) is 19.7 Å². The number of hydrogen-bond acceptors (Lipinski definition) is 5. The van der Waals surface area contributed by atoms with Gasteiger partial charge in [0.15, 0.2) is 0 Å². The molecule has 1 aliphatic heterocycles. The Morgan fingerprint density at radius 2 is 1.97 bits per heavy atom. The van der Waals surface area contributed by atoms with Crippen molar-refractivity contribution >= 4 is 57.8 Å². The maximum Gasteiger partial charge on any atom is 0.258 e. The number of nitrogens with zero attached hydrogens (tertiary/aromatic N) is 4. The van der Waals surface area contributed by atoms with Crippen LogP contribution in [0.4, 0.5) is 11.6 Å². The van der Waals surface area contributed by atoms with Gasteiger partial charge in [0.05, 0.1) is 11.0 Å². The molecule has 9 heteroatoms. The SMILES string of the molecule is CN(C(=O)c1ccccc1)c1ccc2c(c1)nc(NC(=O)/C=C/c1ccsc1)n2CCCN1CCCC1=O. The van der Waals surface area contributed by atoms with E-state index in [0.29, 0.717) is 42.2 Å². The van der Waals surface area contributed by atoms with Crippen LogP contribution in [0.1, 0.15) is 35.2 Å². The number of fused-ring (bicyclic) bond motifs is 1. The first-order valence-electron chi connectivity index (χ1n) is 12.6. The van der Waals surface area contributed by atoms with Gasteiger partial charge in [0.1, 0.15) is 0 Å². The van der Waals surface area contributed by atoms with Crippen LogP contribution in [0.3, 0.4) is 0 Å². The molecular formula is C29H29N5O3S. The highest BCUT2D eigenvalue weighted by atomic mass is 32.1. The predicted molar refractivity (Wildman–Crippen MR) is 151 cm³/mol. The third-order valence-corrected chi connectivity index (χ3v) is 7.33. The van der Waals surface area contributed by atoms with Crippen LogP contribution in [-0.4, -0.2) is 52.3 Å². The fourth-order valence-electron chi connectivity index (χ4n) is 4.59. The monoisotopic (exact) mass is 527 g/mol. The summed E-state index contributed by atoms with van der Waals surface area (Å²) in [7, 11) is 1.73. The van der Waals surface area contributed by atoms with Crippen molar-refractivity contribution in [2.45, 2.75) is 25.8 Å². The molecule has 8 nitrogen and oxygen atoms in total. The topological polar surface area (TPSA) is 87.5 Å². The van der Waals surface area contributed by atoms with E-state index < -0.39 is 0 Å². The fraction of sp³-hybridized carbons (Fsp3) is 0.241. The van der Waals surface area contributed by atoms with Crippen molar-refractivity contribution in [3.8, 4) is 0 Å². The Morgan fingerprint density at radius 1 is 1.13 bits per heavy atom. The lowest BCUT2D eigenvalue weighted by atomic mass is 10.2. The van der Waals surface area contributed by atoms with E-state index in [1.54, 1.807) is 41.5 Å². The quantitative estimate of drug-likeness (QED) is 0.309. The minimum absolute atomic E-state index is 0.119. The Balaban J connectivity index is 1.39. The van der Waals surface area contributed by atoms with E-state index >= 15 is 0 Å². The Kier molecular flexibility index (Phi) is 7.65. The molecule has 0 radical (unpaired) electrons. The molecule has 3 amide bonds. The molecule has 2 aromatic heterocycles. The number of anilines is 2. The molecule has 38 heavy (non-hydrogen) atoms. The van der Waals surface area contributed by atoms with Crippen LogP contribution in [0, 0.1) is 0 Å². The number of rotatable bonds is 9. The summed E-state index contributed by atoms with van der Waals surface area (Å²) in [6.45, 7) is 2.05. The van der Waals surface area contributed by atoms with Crippen molar-refractivity contribution < 1.29 is 14.4 Å². The maximum absolute atomic E-state index is 13.0. The first kappa shape index (κ1) is 25.4. The lowest BCUT2D eigenvalue weighted by Gasteiger charge is -2.18. The van der Waals surface area contributed by atoms with Crippen LogP contribution in [0.5, 0.6) is 0 Å².